The van der Waals surface area contributed by atoms with Crippen molar-refractivity contribution in [3.8, 4) is 5.75 Å². The standard InChI is InChI=1S/C24H29NO3/c1-4-5-14-27-22-11-8-19(9-12-22)6-7-20-10-13-23-21(15-20)16-24(28-23)17(2)25-18(3)26/h8-13,15-17H,4-7,14H2,1-3H3,(H,25,26). The molecule has 3 aromatic rings. The van der Waals surface area contributed by atoms with Crippen LogP contribution in [0.2, 0.25) is 0 Å². The summed E-state index contributed by atoms with van der Waals surface area (Å²) in [6.07, 6.45) is 4.18. The number of fused-ring (bicyclic) bond motifs is 1. The second kappa shape index (κ2) is 9.45. The lowest BCUT2D eigenvalue weighted by Crippen LogP contribution is -2.23. The maximum Gasteiger partial charge on any atom is 0.217 e. The van der Waals surface area contributed by atoms with Crippen molar-refractivity contribution in [1.29, 1.82) is 0 Å². The van der Waals surface area contributed by atoms with Gasteiger partial charge in [-0.25, -0.2) is 0 Å². The Labute approximate surface area is 166 Å². The average Bonchev–Trinajstić information content (AvgIpc) is 3.11. The Hall–Kier alpha value is -2.75. The predicted octanol–water partition coefficient (Wildman–Crippen LogP) is 5.59. The number of unbranched alkanes of at least 4 members (excludes halogenated alkanes) is 1. The predicted molar refractivity (Wildman–Crippen MR) is 113 cm³/mol. The lowest BCUT2D eigenvalue weighted by molar-refractivity contribution is -0.119. The minimum atomic E-state index is -0.133. The number of amides is 1. The van der Waals surface area contributed by atoms with Gasteiger partial charge in [-0.15, -0.1) is 0 Å². The quantitative estimate of drug-likeness (QED) is 0.493. The van der Waals surface area contributed by atoms with E-state index in [1.165, 1.54) is 18.1 Å². The summed E-state index contributed by atoms with van der Waals surface area (Å²) in [6, 6.07) is 16.6. The zero-order chi connectivity index (χ0) is 19.9. The number of rotatable bonds is 9. The maximum atomic E-state index is 11.2. The van der Waals surface area contributed by atoms with Crippen molar-refractivity contribution < 1.29 is 13.9 Å². The Morgan fingerprint density at radius 1 is 1.07 bits per heavy atom. The molecule has 1 atom stereocenters. The SMILES string of the molecule is CCCCOc1ccc(CCc2ccc3oc(C(C)NC(C)=O)cc3c2)cc1. The first kappa shape index (κ1) is 20.0. The Morgan fingerprint density at radius 2 is 1.79 bits per heavy atom. The van der Waals surface area contributed by atoms with Gasteiger partial charge in [0.15, 0.2) is 0 Å². The van der Waals surface area contributed by atoms with Crippen LogP contribution >= 0.6 is 0 Å². The Morgan fingerprint density at radius 3 is 2.50 bits per heavy atom. The normalized spacial score (nSPS) is 12.1. The van der Waals surface area contributed by atoms with Crippen LogP contribution in [0.15, 0.2) is 52.9 Å². The van der Waals surface area contributed by atoms with Crippen LogP contribution in [0.4, 0.5) is 0 Å². The van der Waals surface area contributed by atoms with Crippen LogP contribution in [-0.2, 0) is 17.6 Å². The number of hydrogen-bond acceptors (Lipinski definition) is 3. The zero-order valence-electron chi connectivity index (χ0n) is 17.0. The fourth-order valence-electron chi connectivity index (χ4n) is 3.23. The van der Waals surface area contributed by atoms with Crippen LogP contribution in [0.25, 0.3) is 11.0 Å². The fraction of sp³-hybridized carbons (Fsp3) is 0.375. The molecule has 0 bridgehead atoms. The monoisotopic (exact) mass is 379 g/mol. The smallest absolute Gasteiger partial charge is 0.217 e. The summed E-state index contributed by atoms with van der Waals surface area (Å²) in [6.45, 7) is 6.39. The van der Waals surface area contributed by atoms with Crippen LogP contribution in [0.1, 0.15) is 56.5 Å². The molecule has 28 heavy (non-hydrogen) atoms. The Balaban J connectivity index is 1.60. The van der Waals surface area contributed by atoms with Gasteiger partial charge in [-0.2, -0.15) is 0 Å². The number of hydrogen-bond donors (Lipinski definition) is 1. The molecule has 0 saturated heterocycles. The number of benzene rings is 2. The fourth-order valence-corrected chi connectivity index (χ4v) is 3.23. The van der Waals surface area contributed by atoms with Gasteiger partial charge in [0, 0.05) is 12.3 Å². The third-order valence-corrected chi connectivity index (χ3v) is 4.84. The van der Waals surface area contributed by atoms with Gasteiger partial charge in [-0.1, -0.05) is 31.5 Å². The topological polar surface area (TPSA) is 51.5 Å². The molecule has 0 aliphatic heterocycles. The molecule has 1 heterocycles. The summed E-state index contributed by atoms with van der Waals surface area (Å²) >= 11 is 0. The summed E-state index contributed by atoms with van der Waals surface area (Å²) in [4.78, 5) is 11.2. The van der Waals surface area contributed by atoms with Crippen molar-refractivity contribution in [2.75, 3.05) is 6.61 Å². The van der Waals surface area contributed by atoms with Gasteiger partial charge in [0.1, 0.15) is 17.1 Å². The van der Waals surface area contributed by atoms with Gasteiger partial charge in [0.2, 0.25) is 5.91 Å². The average molecular weight is 380 g/mol. The van der Waals surface area contributed by atoms with Crippen LogP contribution in [0.5, 0.6) is 5.75 Å². The molecule has 1 amide bonds. The minimum Gasteiger partial charge on any atom is -0.494 e. The van der Waals surface area contributed by atoms with Crippen molar-refractivity contribution in [3.05, 3.63) is 65.4 Å². The van der Waals surface area contributed by atoms with E-state index >= 15 is 0 Å². The number of carbonyl (C=O) groups is 1. The molecule has 4 heteroatoms. The van der Waals surface area contributed by atoms with Gasteiger partial charge in [-0.3, -0.25) is 4.79 Å². The summed E-state index contributed by atoms with van der Waals surface area (Å²) in [5.41, 5.74) is 3.43. The summed E-state index contributed by atoms with van der Waals surface area (Å²) in [5.74, 6) is 1.66. The van der Waals surface area contributed by atoms with E-state index in [2.05, 4.69) is 48.6 Å². The molecule has 0 aliphatic rings. The third-order valence-electron chi connectivity index (χ3n) is 4.84. The van der Waals surface area contributed by atoms with E-state index in [-0.39, 0.29) is 11.9 Å². The van der Waals surface area contributed by atoms with Gasteiger partial charge in [0.25, 0.3) is 0 Å². The van der Waals surface area contributed by atoms with Crippen LogP contribution in [-0.4, -0.2) is 12.5 Å². The number of furan rings is 1. The molecular formula is C24H29NO3. The van der Waals surface area contributed by atoms with Crippen molar-refractivity contribution in [3.63, 3.8) is 0 Å². The molecule has 1 N–H and O–H groups in total. The summed E-state index contributed by atoms with van der Waals surface area (Å²) < 4.78 is 11.6. The molecule has 0 aliphatic carbocycles. The first-order chi connectivity index (χ1) is 13.5. The second-order valence-electron chi connectivity index (χ2n) is 7.29. The van der Waals surface area contributed by atoms with E-state index in [9.17, 15) is 4.79 Å². The third kappa shape index (κ3) is 5.38. The molecular weight excluding hydrogens is 350 g/mol. The van der Waals surface area contributed by atoms with E-state index in [1.54, 1.807) is 0 Å². The van der Waals surface area contributed by atoms with Crippen molar-refractivity contribution in [2.45, 2.75) is 52.5 Å². The van der Waals surface area contributed by atoms with Gasteiger partial charge < -0.3 is 14.5 Å². The lowest BCUT2D eigenvalue weighted by atomic mass is 10.0. The largest absolute Gasteiger partial charge is 0.494 e. The highest BCUT2D eigenvalue weighted by molar-refractivity contribution is 5.79. The van der Waals surface area contributed by atoms with Gasteiger partial charge >= 0.3 is 0 Å². The Kier molecular flexibility index (Phi) is 6.75. The number of carbonyl (C=O) groups excluding carboxylic acids is 1. The Bertz CT molecular complexity index is 911. The minimum absolute atomic E-state index is 0.0598. The highest BCUT2D eigenvalue weighted by Crippen LogP contribution is 2.25. The highest BCUT2D eigenvalue weighted by Gasteiger charge is 2.12. The zero-order valence-corrected chi connectivity index (χ0v) is 17.0. The molecule has 1 unspecified atom stereocenters. The first-order valence-corrected chi connectivity index (χ1v) is 10.1. The molecule has 0 saturated carbocycles. The van der Waals surface area contributed by atoms with E-state index in [4.69, 9.17) is 9.15 Å². The molecule has 0 spiro atoms. The van der Waals surface area contributed by atoms with E-state index in [1.807, 2.05) is 19.1 Å². The van der Waals surface area contributed by atoms with Crippen LogP contribution in [0.3, 0.4) is 0 Å². The van der Waals surface area contributed by atoms with Crippen LogP contribution in [0, 0.1) is 0 Å². The van der Waals surface area contributed by atoms with Gasteiger partial charge in [0.05, 0.1) is 12.6 Å². The molecule has 0 radical (unpaired) electrons. The van der Waals surface area contributed by atoms with E-state index in [0.29, 0.717) is 0 Å². The molecule has 0 fully saturated rings. The molecule has 148 valence electrons. The summed E-state index contributed by atoms with van der Waals surface area (Å²) in [7, 11) is 0. The summed E-state index contributed by atoms with van der Waals surface area (Å²) in [5, 5.41) is 3.93. The number of nitrogens with one attached hydrogen (secondary N) is 1. The van der Waals surface area contributed by atoms with Crippen molar-refractivity contribution in [1.82, 2.24) is 5.32 Å². The van der Waals surface area contributed by atoms with E-state index < -0.39 is 0 Å². The lowest BCUT2D eigenvalue weighted by Gasteiger charge is -2.08. The van der Waals surface area contributed by atoms with Crippen LogP contribution < -0.4 is 10.1 Å². The molecule has 2 aromatic carbocycles. The van der Waals surface area contributed by atoms with Gasteiger partial charge in [-0.05, 0) is 67.6 Å². The number of ether oxygens (including phenoxy) is 1. The number of aryl methyl sites for hydroxylation is 2. The molecule has 1 aromatic heterocycles. The van der Waals surface area contributed by atoms with Crippen molar-refractivity contribution >= 4 is 16.9 Å². The molecule has 4 nitrogen and oxygen atoms in total. The van der Waals surface area contributed by atoms with E-state index in [0.717, 1.165) is 54.8 Å². The maximum absolute atomic E-state index is 11.2. The first-order valence-electron chi connectivity index (χ1n) is 10.1. The second-order valence-corrected chi connectivity index (χ2v) is 7.29. The molecule has 3 rings (SSSR count). The van der Waals surface area contributed by atoms with Crippen molar-refractivity contribution in [2.24, 2.45) is 0 Å². The highest BCUT2D eigenvalue weighted by atomic mass is 16.5.